The first-order chi connectivity index (χ1) is 19.8. The second kappa shape index (κ2) is 14.2. The summed E-state index contributed by atoms with van der Waals surface area (Å²) in [6.07, 6.45) is 4.24. The molecule has 42 heavy (non-hydrogen) atoms. The fourth-order valence-electron chi connectivity index (χ4n) is 4.43. The average molecular weight is 598 g/mol. The summed E-state index contributed by atoms with van der Waals surface area (Å²) < 4.78 is 44.1. The molecule has 0 atom stereocenters. The Kier molecular flexibility index (Phi) is 11.0. The van der Waals surface area contributed by atoms with Crippen LogP contribution in [0.25, 0.3) is 6.08 Å². The SMILES string of the molecule is CCOC(=O)CS(=O)(=O)N(CC=Cc1cc(C)cc(C#N)c1)c1ccc(OC2CCN(C(=O)OC(C)(C)C)CC2)cc1. The number of sulfonamides is 1. The second-order valence-electron chi connectivity index (χ2n) is 11.0. The Balaban J connectivity index is 1.72. The molecule has 1 aliphatic heterocycles. The highest BCUT2D eigenvalue weighted by Crippen LogP contribution is 2.26. The number of rotatable bonds is 10. The van der Waals surface area contributed by atoms with Crippen LogP contribution in [0, 0.1) is 18.3 Å². The van der Waals surface area contributed by atoms with Gasteiger partial charge in [-0.05, 0) is 82.1 Å². The molecule has 0 unspecified atom stereocenters. The summed E-state index contributed by atoms with van der Waals surface area (Å²) in [4.78, 5) is 26.1. The number of aryl methyl sites for hydroxylation is 1. The smallest absolute Gasteiger partial charge is 0.410 e. The van der Waals surface area contributed by atoms with Crippen LogP contribution >= 0.6 is 0 Å². The van der Waals surface area contributed by atoms with Gasteiger partial charge in [-0.2, -0.15) is 5.26 Å². The van der Waals surface area contributed by atoms with Crippen molar-refractivity contribution in [3.63, 3.8) is 0 Å². The van der Waals surface area contributed by atoms with Gasteiger partial charge in [0.1, 0.15) is 17.5 Å². The molecule has 2 aromatic rings. The molecule has 0 bridgehead atoms. The fourth-order valence-corrected chi connectivity index (χ4v) is 5.73. The van der Waals surface area contributed by atoms with Crippen LogP contribution in [-0.4, -0.2) is 69.1 Å². The van der Waals surface area contributed by atoms with E-state index in [1.54, 1.807) is 60.4 Å². The molecule has 1 amide bonds. The van der Waals surface area contributed by atoms with Crippen molar-refractivity contribution < 1.29 is 32.2 Å². The third-order valence-electron chi connectivity index (χ3n) is 6.27. The minimum absolute atomic E-state index is 0.0408. The van der Waals surface area contributed by atoms with E-state index in [0.717, 1.165) is 15.4 Å². The number of benzene rings is 2. The quantitative estimate of drug-likeness (QED) is 0.348. The van der Waals surface area contributed by atoms with E-state index in [0.29, 0.717) is 42.9 Å². The predicted octanol–water partition coefficient (Wildman–Crippen LogP) is 5.06. The predicted molar refractivity (Wildman–Crippen MR) is 161 cm³/mol. The van der Waals surface area contributed by atoms with Crippen LogP contribution in [0.5, 0.6) is 5.75 Å². The molecule has 0 radical (unpaired) electrons. The summed E-state index contributed by atoms with van der Waals surface area (Å²) in [5.41, 5.74) is 1.98. The Morgan fingerprint density at radius 2 is 1.79 bits per heavy atom. The van der Waals surface area contributed by atoms with Gasteiger partial charge in [0.25, 0.3) is 0 Å². The molecule has 0 N–H and O–H groups in total. The average Bonchev–Trinajstić information content (AvgIpc) is 2.90. The van der Waals surface area contributed by atoms with E-state index in [2.05, 4.69) is 6.07 Å². The third-order valence-corrected chi connectivity index (χ3v) is 7.90. The molecular weight excluding hydrogens is 558 g/mol. The van der Waals surface area contributed by atoms with E-state index < -0.39 is 27.3 Å². The van der Waals surface area contributed by atoms with E-state index >= 15 is 0 Å². The van der Waals surface area contributed by atoms with Crippen LogP contribution in [0.4, 0.5) is 10.5 Å². The van der Waals surface area contributed by atoms with Crippen molar-refractivity contribution in [2.24, 2.45) is 0 Å². The summed E-state index contributed by atoms with van der Waals surface area (Å²) in [7, 11) is -4.07. The number of nitrogens with zero attached hydrogens (tertiary/aromatic N) is 3. The fraction of sp³-hybridized carbons (Fsp3) is 0.452. The van der Waals surface area contributed by atoms with Gasteiger partial charge in [0.15, 0.2) is 5.75 Å². The maximum Gasteiger partial charge on any atom is 0.410 e. The standard InChI is InChI=1S/C31H39N3O7S/c1-6-39-29(35)22-42(37,38)34(15-7-8-24-18-23(2)19-25(20-24)21-32)26-9-11-27(12-10-26)40-28-13-16-33(17-14-28)30(36)41-31(3,4)5/h7-12,18-20,28H,6,13-17,22H2,1-5H3. The number of amides is 1. The highest BCUT2D eigenvalue weighted by molar-refractivity contribution is 7.93. The van der Waals surface area contributed by atoms with Gasteiger partial charge in [-0.3, -0.25) is 9.10 Å². The highest BCUT2D eigenvalue weighted by atomic mass is 32.2. The number of piperidine rings is 1. The van der Waals surface area contributed by atoms with Crippen LogP contribution in [0.15, 0.2) is 48.5 Å². The second-order valence-corrected chi connectivity index (χ2v) is 12.9. The topological polar surface area (TPSA) is 126 Å². The minimum Gasteiger partial charge on any atom is -0.490 e. The van der Waals surface area contributed by atoms with Crippen molar-refractivity contribution in [1.82, 2.24) is 4.90 Å². The number of ether oxygens (including phenoxy) is 3. The van der Waals surface area contributed by atoms with Gasteiger partial charge in [0, 0.05) is 25.9 Å². The summed E-state index contributed by atoms with van der Waals surface area (Å²) >= 11 is 0. The molecule has 3 rings (SSSR count). The lowest BCUT2D eigenvalue weighted by Gasteiger charge is -2.33. The van der Waals surface area contributed by atoms with E-state index in [1.807, 2.05) is 33.8 Å². The molecule has 0 aromatic heterocycles. The molecule has 0 saturated carbocycles. The first-order valence-electron chi connectivity index (χ1n) is 13.9. The Morgan fingerprint density at radius 1 is 1.12 bits per heavy atom. The normalized spacial score (nSPS) is 14.3. The summed E-state index contributed by atoms with van der Waals surface area (Å²) in [5.74, 6) is -1.07. The molecular formula is C31H39N3O7S. The van der Waals surface area contributed by atoms with Crippen LogP contribution < -0.4 is 9.04 Å². The minimum atomic E-state index is -4.07. The van der Waals surface area contributed by atoms with Gasteiger partial charge in [-0.25, -0.2) is 13.2 Å². The number of likely N-dealkylation sites (tertiary alicyclic amines) is 1. The Labute approximate surface area is 248 Å². The summed E-state index contributed by atoms with van der Waals surface area (Å²) in [5, 5.41) is 9.24. The Hall–Kier alpha value is -4.04. The lowest BCUT2D eigenvalue weighted by Crippen LogP contribution is -2.44. The molecule has 1 heterocycles. The molecule has 1 saturated heterocycles. The van der Waals surface area contributed by atoms with Crippen LogP contribution in [0.2, 0.25) is 0 Å². The molecule has 0 spiro atoms. The number of hydrogen-bond donors (Lipinski definition) is 0. The zero-order valence-corrected chi connectivity index (χ0v) is 25.6. The zero-order chi connectivity index (χ0) is 30.9. The zero-order valence-electron chi connectivity index (χ0n) is 24.8. The summed E-state index contributed by atoms with van der Waals surface area (Å²) in [6, 6.07) is 14.1. The number of hydrogen-bond acceptors (Lipinski definition) is 8. The molecule has 10 nitrogen and oxygen atoms in total. The third kappa shape index (κ3) is 9.80. The van der Waals surface area contributed by atoms with Gasteiger partial charge in [-0.1, -0.05) is 18.2 Å². The van der Waals surface area contributed by atoms with E-state index in [1.165, 1.54) is 0 Å². The van der Waals surface area contributed by atoms with Crippen LogP contribution in [-0.2, 0) is 24.3 Å². The summed E-state index contributed by atoms with van der Waals surface area (Å²) in [6.45, 7) is 10.1. The first kappa shape index (κ1) is 32.5. The van der Waals surface area contributed by atoms with Crippen molar-refractivity contribution in [1.29, 1.82) is 5.26 Å². The maximum absolute atomic E-state index is 13.3. The molecule has 0 aliphatic carbocycles. The van der Waals surface area contributed by atoms with Crippen molar-refractivity contribution in [3.8, 4) is 11.8 Å². The van der Waals surface area contributed by atoms with Gasteiger partial charge in [-0.15, -0.1) is 0 Å². The van der Waals surface area contributed by atoms with E-state index in [-0.39, 0.29) is 25.3 Å². The van der Waals surface area contributed by atoms with Crippen molar-refractivity contribution in [2.75, 3.05) is 36.3 Å². The van der Waals surface area contributed by atoms with E-state index in [9.17, 15) is 23.3 Å². The monoisotopic (exact) mass is 597 g/mol. The molecule has 226 valence electrons. The van der Waals surface area contributed by atoms with Crippen LogP contribution in [0.3, 0.4) is 0 Å². The Morgan fingerprint density at radius 3 is 2.38 bits per heavy atom. The largest absolute Gasteiger partial charge is 0.490 e. The first-order valence-corrected chi connectivity index (χ1v) is 15.5. The Bertz CT molecular complexity index is 1420. The lowest BCUT2D eigenvalue weighted by molar-refractivity contribution is -0.139. The van der Waals surface area contributed by atoms with Crippen molar-refractivity contribution >= 4 is 33.8 Å². The number of carbonyl (C=O) groups excluding carboxylic acids is 2. The molecule has 2 aromatic carbocycles. The molecule has 1 fully saturated rings. The highest BCUT2D eigenvalue weighted by Gasteiger charge is 2.28. The van der Waals surface area contributed by atoms with Gasteiger partial charge in [0.2, 0.25) is 10.0 Å². The van der Waals surface area contributed by atoms with Crippen molar-refractivity contribution in [3.05, 3.63) is 65.2 Å². The maximum atomic E-state index is 13.3. The molecule has 1 aliphatic rings. The van der Waals surface area contributed by atoms with Crippen LogP contribution in [0.1, 0.15) is 57.2 Å². The van der Waals surface area contributed by atoms with E-state index in [4.69, 9.17) is 14.2 Å². The number of nitriles is 1. The number of esters is 1. The van der Waals surface area contributed by atoms with Gasteiger partial charge < -0.3 is 19.1 Å². The molecule has 11 heteroatoms. The van der Waals surface area contributed by atoms with Crippen molar-refractivity contribution in [2.45, 2.75) is 59.2 Å². The van der Waals surface area contributed by atoms with Gasteiger partial charge >= 0.3 is 12.1 Å². The lowest BCUT2D eigenvalue weighted by atomic mass is 10.1. The van der Waals surface area contributed by atoms with Gasteiger partial charge in [0.05, 0.1) is 30.5 Å². The number of anilines is 1. The number of carbonyl (C=O) groups is 2.